The standard InChI is InChI=1S/C32H34F2N10O4/c33-29(34)28-25(37-32(47)23-13-36-43-10-6-26(38-30(23)43)42-15-21-12-20(42)17-48-21)16-44(40-28)19-4-8-41(9-5-19)14-18-3-7-35-24(11-18)22-1-2-27(45)39-31(22)46/h3,6-7,10-11,13,16,19-22,29H,1-2,4-5,8-9,12,14-15,17H2,(H,37,47)(H,39,45,46)/t20-,21-,22?/m1/s1. The van der Waals surface area contributed by atoms with E-state index in [1.807, 2.05) is 18.2 Å². The molecule has 0 aromatic carbocycles. The van der Waals surface area contributed by atoms with Gasteiger partial charge in [0.2, 0.25) is 11.8 Å². The summed E-state index contributed by atoms with van der Waals surface area (Å²) in [6.45, 7) is 3.41. The Morgan fingerprint density at radius 2 is 2.00 bits per heavy atom. The van der Waals surface area contributed by atoms with E-state index in [1.165, 1.54) is 16.9 Å². The van der Waals surface area contributed by atoms with Crippen molar-refractivity contribution in [3.05, 3.63) is 65.5 Å². The average Bonchev–Trinajstić information content (AvgIpc) is 3.89. The van der Waals surface area contributed by atoms with E-state index in [9.17, 15) is 23.2 Å². The Bertz CT molecular complexity index is 1890. The van der Waals surface area contributed by atoms with Crippen LogP contribution in [0.25, 0.3) is 5.65 Å². The molecular formula is C32H34F2N10O4. The minimum absolute atomic E-state index is 0.0419. The summed E-state index contributed by atoms with van der Waals surface area (Å²) in [7, 11) is 0. The maximum Gasteiger partial charge on any atom is 0.284 e. The molecule has 250 valence electrons. The van der Waals surface area contributed by atoms with Gasteiger partial charge in [-0.1, -0.05) is 0 Å². The van der Waals surface area contributed by atoms with Crippen molar-refractivity contribution < 1.29 is 27.9 Å². The summed E-state index contributed by atoms with van der Waals surface area (Å²) in [5.74, 6) is -0.903. The average molecular weight is 661 g/mol. The molecule has 0 saturated carbocycles. The molecule has 0 aliphatic carbocycles. The third-order valence-electron chi connectivity index (χ3n) is 9.79. The number of aromatic nitrogens is 6. The van der Waals surface area contributed by atoms with Crippen LogP contribution in [-0.4, -0.2) is 90.4 Å². The molecule has 4 fully saturated rings. The third kappa shape index (κ3) is 5.78. The quantitative estimate of drug-likeness (QED) is 0.270. The van der Waals surface area contributed by atoms with E-state index in [2.05, 4.69) is 35.6 Å². The van der Waals surface area contributed by atoms with Crippen molar-refractivity contribution in [2.45, 2.75) is 69.2 Å². The van der Waals surface area contributed by atoms with Crippen LogP contribution >= 0.6 is 0 Å². The number of anilines is 2. The maximum absolute atomic E-state index is 14.1. The summed E-state index contributed by atoms with van der Waals surface area (Å²) in [5.41, 5.74) is 1.64. The lowest BCUT2D eigenvalue weighted by atomic mass is 9.93. The van der Waals surface area contributed by atoms with Crippen LogP contribution in [-0.2, 0) is 20.9 Å². The fourth-order valence-electron chi connectivity index (χ4n) is 7.26. The summed E-state index contributed by atoms with van der Waals surface area (Å²) < 4.78 is 37.0. The van der Waals surface area contributed by atoms with Crippen LogP contribution in [0.5, 0.6) is 0 Å². The van der Waals surface area contributed by atoms with E-state index >= 15 is 0 Å². The molecule has 4 aliphatic heterocycles. The molecule has 1 unspecified atom stereocenters. The number of carbonyl (C=O) groups excluding carboxylic acids is 3. The number of piperidine rings is 2. The Kier molecular flexibility index (Phi) is 7.83. The highest BCUT2D eigenvalue weighted by atomic mass is 19.3. The van der Waals surface area contributed by atoms with Crippen molar-refractivity contribution in [3.8, 4) is 0 Å². The summed E-state index contributed by atoms with van der Waals surface area (Å²) >= 11 is 0. The van der Waals surface area contributed by atoms with E-state index in [0.29, 0.717) is 56.8 Å². The molecule has 4 aromatic heterocycles. The number of halogens is 2. The minimum Gasteiger partial charge on any atom is -0.374 e. The van der Waals surface area contributed by atoms with Crippen molar-refractivity contribution in [2.75, 3.05) is 36.5 Å². The fraction of sp³-hybridized carbons (Fsp3) is 0.469. The number of nitrogens with one attached hydrogen (secondary N) is 2. The van der Waals surface area contributed by atoms with E-state index in [0.717, 1.165) is 24.3 Å². The zero-order valence-corrected chi connectivity index (χ0v) is 26.0. The van der Waals surface area contributed by atoms with Crippen LogP contribution in [0.1, 0.15) is 77.8 Å². The highest BCUT2D eigenvalue weighted by molar-refractivity contribution is 6.08. The molecule has 8 rings (SSSR count). The van der Waals surface area contributed by atoms with Gasteiger partial charge >= 0.3 is 0 Å². The molecule has 3 amide bonds. The smallest absolute Gasteiger partial charge is 0.284 e. The van der Waals surface area contributed by atoms with Crippen LogP contribution in [0.2, 0.25) is 0 Å². The Morgan fingerprint density at radius 3 is 2.75 bits per heavy atom. The Labute approximate surface area is 273 Å². The third-order valence-corrected chi connectivity index (χ3v) is 9.79. The fourth-order valence-corrected chi connectivity index (χ4v) is 7.26. The van der Waals surface area contributed by atoms with Gasteiger partial charge in [-0.05, 0) is 49.4 Å². The van der Waals surface area contributed by atoms with Crippen LogP contribution in [0.3, 0.4) is 0 Å². The molecule has 2 bridgehead atoms. The normalized spacial score (nSPS) is 23.4. The molecule has 14 nitrogen and oxygen atoms in total. The van der Waals surface area contributed by atoms with Gasteiger partial charge in [0.1, 0.15) is 11.4 Å². The summed E-state index contributed by atoms with van der Waals surface area (Å²) in [6, 6.07) is 5.79. The highest BCUT2D eigenvalue weighted by Crippen LogP contribution is 2.33. The molecule has 8 heterocycles. The number of imide groups is 1. The van der Waals surface area contributed by atoms with E-state index in [1.54, 1.807) is 17.1 Å². The number of ether oxygens (including phenoxy) is 1. The zero-order valence-electron chi connectivity index (χ0n) is 26.0. The first kappa shape index (κ1) is 30.5. The van der Waals surface area contributed by atoms with E-state index in [-0.39, 0.29) is 47.7 Å². The van der Waals surface area contributed by atoms with Gasteiger partial charge < -0.3 is 15.0 Å². The van der Waals surface area contributed by atoms with Crippen molar-refractivity contribution in [3.63, 3.8) is 0 Å². The van der Waals surface area contributed by atoms with E-state index in [4.69, 9.17) is 9.72 Å². The number of hydrogen-bond acceptors (Lipinski definition) is 10. The molecule has 4 aliphatic rings. The monoisotopic (exact) mass is 660 g/mol. The minimum atomic E-state index is -2.88. The van der Waals surface area contributed by atoms with Crippen molar-refractivity contribution in [1.82, 2.24) is 39.6 Å². The lowest BCUT2D eigenvalue weighted by Crippen LogP contribution is -2.39. The molecule has 4 saturated heterocycles. The molecule has 4 aromatic rings. The van der Waals surface area contributed by atoms with Gasteiger partial charge in [0.25, 0.3) is 12.3 Å². The van der Waals surface area contributed by atoms with Crippen LogP contribution in [0.15, 0.2) is 43.0 Å². The number of pyridine rings is 1. The number of alkyl halides is 2. The second kappa shape index (κ2) is 12.3. The number of morpholine rings is 1. The number of hydrogen-bond donors (Lipinski definition) is 2. The van der Waals surface area contributed by atoms with Gasteiger partial charge in [-0.2, -0.15) is 10.2 Å². The van der Waals surface area contributed by atoms with Gasteiger partial charge in [0.05, 0.1) is 48.3 Å². The largest absolute Gasteiger partial charge is 0.374 e. The predicted molar refractivity (Wildman–Crippen MR) is 167 cm³/mol. The van der Waals surface area contributed by atoms with Crippen molar-refractivity contribution in [1.29, 1.82) is 0 Å². The number of fused-ring (bicyclic) bond motifs is 3. The van der Waals surface area contributed by atoms with Crippen LogP contribution < -0.4 is 15.5 Å². The second-order valence-electron chi connectivity index (χ2n) is 12.9. The summed E-state index contributed by atoms with van der Waals surface area (Å²) in [4.78, 5) is 50.8. The number of amides is 3. The van der Waals surface area contributed by atoms with Gasteiger partial charge in [-0.15, -0.1) is 0 Å². The first-order valence-corrected chi connectivity index (χ1v) is 16.2. The van der Waals surface area contributed by atoms with Gasteiger partial charge in [0.15, 0.2) is 11.3 Å². The van der Waals surface area contributed by atoms with Crippen molar-refractivity contribution >= 4 is 34.9 Å². The second-order valence-corrected chi connectivity index (χ2v) is 12.9. The topological polar surface area (TPSA) is 152 Å². The number of nitrogens with zero attached hydrogens (tertiary/aromatic N) is 8. The number of likely N-dealkylation sites (tertiary alicyclic amines) is 1. The van der Waals surface area contributed by atoms with Crippen molar-refractivity contribution in [2.24, 2.45) is 0 Å². The molecule has 0 radical (unpaired) electrons. The zero-order chi connectivity index (χ0) is 32.9. The van der Waals surface area contributed by atoms with E-state index < -0.39 is 23.9 Å². The molecule has 48 heavy (non-hydrogen) atoms. The molecule has 16 heteroatoms. The Hall–Kier alpha value is -4.83. The Morgan fingerprint density at radius 1 is 1.15 bits per heavy atom. The van der Waals surface area contributed by atoms with Gasteiger partial charge in [-0.3, -0.25) is 34.3 Å². The number of carbonyl (C=O) groups is 3. The Balaban J connectivity index is 0.926. The first-order valence-electron chi connectivity index (χ1n) is 16.2. The molecule has 0 spiro atoms. The SMILES string of the molecule is O=C1CCC(c2cc(CN3CCC(n4cc(NC(=O)c5cnn6ccc(N7C[C@H]8C[C@@H]7CO8)nc56)c(C(F)F)n4)CC3)ccn2)C(=O)N1. The van der Waals surface area contributed by atoms with Gasteiger partial charge in [0, 0.05) is 51.2 Å². The molecule has 2 N–H and O–H groups in total. The maximum atomic E-state index is 14.1. The number of rotatable bonds is 8. The van der Waals surface area contributed by atoms with Crippen LogP contribution in [0, 0.1) is 0 Å². The summed E-state index contributed by atoms with van der Waals surface area (Å²) in [6.07, 6.45) is 6.61. The first-order chi connectivity index (χ1) is 23.3. The lowest BCUT2D eigenvalue weighted by molar-refractivity contribution is -0.134. The highest BCUT2D eigenvalue weighted by Gasteiger charge is 2.40. The van der Waals surface area contributed by atoms with Gasteiger partial charge in [-0.25, -0.2) is 18.3 Å². The van der Waals surface area contributed by atoms with Crippen LogP contribution in [0.4, 0.5) is 20.3 Å². The summed E-state index contributed by atoms with van der Waals surface area (Å²) in [5, 5.41) is 13.5. The molecule has 3 atom stereocenters. The molecular weight excluding hydrogens is 626 g/mol. The lowest BCUT2D eigenvalue weighted by Gasteiger charge is -2.32. The predicted octanol–water partition coefficient (Wildman–Crippen LogP) is 2.85.